The van der Waals surface area contributed by atoms with Gasteiger partial charge in [-0.05, 0) is 12.6 Å². The first-order valence-electron chi connectivity index (χ1n) is 6.30. The summed E-state index contributed by atoms with van der Waals surface area (Å²) in [6.07, 6.45) is 0. The molecule has 0 amide bonds. The Labute approximate surface area is 120 Å². The fourth-order valence-corrected chi connectivity index (χ4v) is 1.30. The van der Waals surface area contributed by atoms with Crippen molar-refractivity contribution in [3.8, 4) is 0 Å². The predicted molar refractivity (Wildman–Crippen MR) is 77.1 cm³/mol. The second-order valence-corrected chi connectivity index (χ2v) is 4.31. The van der Waals surface area contributed by atoms with Crippen LogP contribution in [-0.2, 0) is 16.2 Å². The van der Waals surface area contributed by atoms with Gasteiger partial charge in [0.25, 0.3) is 0 Å². The maximum absolute atomic E-state index is 10.2. The third kappa shape index (κ3) is 10.5. The lowest BCUT2D eigenvalue weighted by Crippen LogP contribution is -2.33. The van der Waals surface area contributed by atoms with Gasteiger partial charge in [0.05, 0.1) is 20.3 Å². The van der Waals surface area contributed by atoms with Gasteiger partial charge in [-0.3, -0.25) is 9.69 Å². The molecule has 0 heterocycles. The van der Waals surface area contributed by atoms with Crippen LogP contribution in [0.15, 0.2) is 30.3 Å². The smallest absolute Gasteiger partial charge is 0.317 e. The van der Waals surface area contributed by atoms with E-state index < -0.39 is 5.97 Å². The number of aliphatic hydroxyl groups excluding tert-OH is 1. The van der Waals surface area contributed by atoms with Crippen LogP contribution in [0.5, 0.6) is 0 Å². The van der Waals surface area contributed by atoms with E-state index in [1.54, 1.807) is 31.2 Å². The monoisotopic (exact) mass is 284 g/mol. The molecule has 20 heavy (non-hydrogen) atoms. The Bertz CT molecular complexity index is 359. The second-order valence-electron chi connectivity index (χ2n) is 4.31. The average Bonchev–Trinajstić information content (AvgIpc) is 2.45. The lowest BCUT2D eigenvalue weighted by atomic mass is 10.2. The Balaban J connectivity index is 0.000000388. The molecule has 0 saturated heterocycles. The number of benzene rings is 1. The average molecular weight is 284 g/mol. The summed E-state index contributed by atoms with van der Waals surface area (Å²) in [4.78, 5) is 16.8. The second kappa shape index (κ2) is 11.4. The lowest BCUT2D eigenvalue weighted by Gasteiger charge is -2.18. The Morgan fingerprint density at radius 1 is 1.20 bits per heavy atom. The summed E-state index contributed by atoms with van der Waals surface area (Å²) in [6, 6.07) is 9.52. The van der Waals surface area contributed by atoms with E-state index in [0.717, 1.165) is 5.56 Å². The minimum Gasteiger partial charge on any atom is -0.480 e. The zero-order valence-electron chi connectivity index (χ0n) is 12.3. The van der Waals surface area contributed by atoms with E-state index in [4.69, 9.17) is 15.1 Å². The Morgan fingerprint density at radius 3 is 2.20 bits per heavy atom. The number of carboxylic acid groups (broad SMARTS) is 1. The zero-order chi connectivity index (χ0) is 15.4. The number of nitrogens with zero attached hydrogens (tertiary/aromatic N) is 2. The van der Waals surface area contributed by atoms with Gasteiger partial charge < -0.3 is 15.1 Å². The molecular weight excluding hydrogens is 260 g/mol. The number of likely N-dealkylation sites (N-methyl/N-ethyl adjacent to an activating group) is 2. The molecule has 0 atom stereocenters. The quantitative estimate of drug-likeness (QED) is 0.717. The van der Waals surface area contributed by atoms with Crippen LogP contribution >= 0.6 is 0 Å². The first-order valence-corrected chi connectivity index (χ1v) is 6.30. The highest BCUT2D eigenvalue weighted by atomic mass is 16.7. The topological polar surface area (TPSA) is 73.2 Å². The van der Waals surface area contributed by atoms with Crippen LogP contribution in [0.3, 0.4) is 0 Å². The van der Waals surface area contributed by atoms with Gasteiger partial charge in [0.2, 0.25) is 0 Å². The molecule has 6 heteroatoms. The van der Waals surface area contributed by atoms with Gasteiger partial charge in [-0.2, -0.15) is 5.06 Å². The van der Waals surface area contributed by atoms with Crippen molar-refractivity contribution < 1.29 is 19.8 Å². The normalized spacial score (nSPS) is 10.3. The van der Waals surface area contributed by atoms with Crippen molar-refractivity contribution in [3.63, 3.8) is 0 Å². The van der Waals surface area contributed by atoms with Crippen molar-refractivity contribution in [1.82, 2.24) is 9.96 Å². The maximum atomic E-state index is 10.2. The molecule has 0 fully saturated rings. The standard InChI is InChI=1S/C7H16N2O3.C7H8O/c1-8(6-7(10)11)4-5-9(2)12-3;8-6-7-4-2-1-3-5-7/h4-6H2,1-3H3,(H,10,11);1-5,8H,6H2. The summed E-state index contributed by atoms with van der Waals surface area (Å²) in [5.74, 6) is -0.808. The van der Waals surface area contributed by atoms with E-state index in [9.17, 15) is 4.79 Å². The van der Waals surface area contributed by atoms with Crippen molar-refractivity contribution in [2.24, 2.45) is 0 Å². The first kappa shape index (κ1) is 18.5. The third-order valence-corrected chi connectivity index (χ3v) is 2.54. The molecule has 114 valence electrons. The number of carboxylic acids is 1. The Hall–Kier alpha value is -1.47. The van der Waals surface area contributed by atoms with Gasteiger partial charge in [0.15, 0.2) is 0 Å². The molecule has 0 aliphatic carbocycles. The minimum absolute atomic E-state index is 0.0670. The highest BCUT2D eigenvalue weighted by molar-refractivity contribution is 5.68. The highest BCUT2D eigenvalue weighted by Crippen LogP contribution is 1.95. The van der Waals surface area contributed by atoms with E-state index in [1.165, 1.54) is 0 Å². The van der Waals surface area contributed by atoms with E-state index in [1.807, 2.05) is 30.3 Å². The summed E-state index contributed by atoms with van der Waals surface area (Å²) >= 11 is 0. The van der Waals surface area contributed by atoms with Crippen LogP contribution in [0.1, 0.15) is 5.56 Å². The molecule has 0 aliphatic heterocycles. The highest BCUT2D eigenvalue weighted by Gasteiger charge is 2.04. The number of rotatable bonds is 7. The molecule has 0 radical (unpaired) electrons. The van der Waals surface area contributed by atoms with E-state index in [-0.39, 0.29) is 13.2 Å². The van der Waals surface area contributed by atoms with E-state index in [0.29, 0.717) is 13.1 Å². The van der Waals surface area contributed by atoms with Crippen LogP contribution in [-0.4, -0.2) is 67.0 Å². The summed E-state index contributed by atoms with van der Waals surface area (Å²) in [7, 11) is 5.14. The fraction of sp³-hybridized carbons (Fsp3) is 0.500. The van der Waals surface area contributed by atoms with Gasteiger partial charge in [0.1, 0.15) is 0 Å². The lowest BCUT2D eigenvalue weighted by molar-refractivity contribution is -0.139. The Kier molecular flexibility index (Phi) is 10.5. The van der Waals surface area contributed by atoms with E-state index >= 15 is 0 Å². The van der Waals surface area contributed by atoms with Crippen molar-refractivity contribution in [1.29, 1.82) is 0 Å². The van der Waals surface area contributed by atoms with Gasteiger partial charge >= 0.3 is 5.97 Å². The summed E-state index contributed by atoms with van der Waals surface area (Å²) < 4.78 is 0. The van der Waals surface area contributed by atoms with Gasteiger partial charge in [0, 0.05) is 20.1 Å². The van der Waals surface area contributed by atoms with Crippen LogP contribution < -0.4 is 0 Å². The molecule has 0 bridgehead atoms. The fourth-order valence-electron chi connectivity index (χ4n) is 1.30. The van der Waals surface area contributed by atoms with Crippen LogP contribution in [0.4, 0.5) is 0 Å². The first-order chi connectivity index (χ1) is 9.49. The maximum Gasteiger partial charge on any atom is 0.317 e. The summed E-state index contributed by atoms with van der Waals surface area (Å²) in [5, 5.41) is 18.6. The predicted octanol–water partition coefficient (Wildman–Crippen LogP) is 0.675. The Morgan fingerprint density at radius 2 is 1.80 bits per heavy atom. The van der Waals surface area contributed by atoms with Crippen molar-refractivity contribution in [2.75, 3.05) is 40.8 Å². The zero-order valence-corrected chi connectivity index (χ0v) is 12.3. The van der Waals surface area contributed by atoms with Crippen molar-refractivity contribution >= 4 is 5.97 Å². The van der Waals surface area contributed by atoms with E-state index in [2.05, 4.69) is 0 Å². The SMILES string of the molecule is CON(C)CCN(C)CC(=O)O.OCc1ccccc1. The number of hydroxylamine groups is 2. The molecule has 1 rings (SSSR count). The molecule has 0 aliphatic rings. The molecule has 1 aromatic rings. The van der Waals surface area contributed by atoms with Crippen molar-refractivity contribution in [3.05, 3.63) is 35.9 Å². The molecule has 2 N–H and O–H groups in total. The molecule has 0 spiro atoms. The number of carbonyl (C=O) groups is 1. The molecule has 0 unspecified atom stereocenters. The number of hydrogen-bond donors (Lipinski definition) is 2. The molecule has 0 aromatic heterocycles. The molecule has 1 aromatic carbocycles. The van der Waals surface area contributed by atoms with Crippen LogP contribution in [0.25, 0.3) is 0 Å². The summed E-state index contributed by atoms with van der Waals surface area (Å²) in [5.41, 5.74) is 0.965. The molecule has 6 nitrogen and oxygen atoms in total. The molecular formula is C14H24N2O4. The minimum atomic E-state index is -0.808. The van der Waals surface area contributed by atoms with Crippen LogP contribution in [0, 0.1) is 0 Å². The molecule has 0 saturated carbocycles. The van der Waals surface area contributed by atoms with Gasteiger partial charge in [-0.1, -0.05) is 30.3 Å². The van der Waals surface area contributed by atoms with Gasteiger partial charge in [-0.15, -0.1) is 0 Å². The number of hydrogen-bond acceptors (Lipinski definition) is 5. The number of aliphatic carboxylic acids is 1. The van der Waals surface area contributed by atoms with Crippen molar-refractivity contribution in [2.45, 2.75) is 6.61 Å². The van der Waals surface area contributed by atoms with Crippen LogP contribution in [0.2, 0.25) is 0 Å². The van der Waals surface area contributed by atoms with Gasteiger partial charge in [-0.25, -0.2) is 0 Å². The largest absolute Gasteiger partial charge is 0.480 e. The third-order valence-electron chi connectivity index (χ3n) is 2.54. The summed E-state index contributed by atoms with van der Waals surface area (Å²) in [6.45, 7) is 1.58. The number of aliphatic hydroxyl groups is 1.